The summed E-state index contributed by atoms with van der Waals surface area (Å²) in [5, 5.41) is 7.25. The number of likely N-dealkylation sites (tertiary alicyclic amines) is 1. The second-order valence-electron chi connectivity index (χ2n) is 4.63. The van der Waals surface area contributed by atoms with Crippen LogP contribution in [0.2, 0.25) is 0 Å². The highest BCUT2D eigenvalue weighted by Crippen LogP contribution is 2.15. The largest absolute Gasteiger partial charge is 0.383 e. The molecular formula is C12H19BrN4O. The van der Waals surface area contributed by atoms with Gasteiger partial charge in [0.05, 0.1) is 11.9 Å². The smallest absolute Gasteiger partial charge is 0.282 e. The van der Waals surface area contributed by atoms with Crippen LogP contribution in [0.15, 0.2) is 15.5 Å². The summed E-state index contributed by atoms with van der Waals surface area (Å²) >= 11 is 3.30. The molecule has 1 aliphatic rings. The number of aromatic nitrogens is 2. The van der Waals surface area contributed by atoms with Crippen molar-refractivity contribution < 1.29 is 0 Å². The van der Waals surface area contributed by atoms with Crippen LogP contribution in [0.3, 0.4) is 0 Å². The van der Waals surface area contributed by atoms with Gasteiger partial charge in [0.25, 0.3) is 5.56 Å². The van der Waals surface area contributed by atoms with Gasteiger partial charge in [0, 0.05) is 13.6 Å². The van der Waals surface area contributed by atoms with Gasteiger partial charge in [-0.2, -0.15) is 5.10 Å². The van der Waals surface area contributed by atoms with E-state index in [0.29, 0.717) is 4.47 Å². The van der Waals surface area contributed by atoms with Crippen LogP contribution in [0.25, 0.3) is 0 Å². The quantitative estimate of drug-likeness (QED) is 0.836. The topological polar surface area (TPSA) is 50.2 Å². The zero-order chi connectivity index (χ0) is 13.0. The highest BCUT2D eigenvalue weighted by molar-refractivity contribution is 9.10. The number of aryl methyl sites for hydroxylation is 1. The molecule has 1 fully saturated rings. The molecule has 5 nitrogen and oxygen atoms in total. The molecule has 0 spiro atoms. The summed E-state index contributed by atoms with van der Waals surface area (Å²) in [7, 11) is 1.64. The third-order valence-electron chi connectivity index (χ3n) is 3.24. The number of nitrogens with one attached hydrogen (secondary N) is 1. The molecule has 100 valence electrons. The third kappa shape index (κ3) is 3.32. The molecule has 1 N–H and O–H groups in total. The Hall–Kier alpha value is -0.880. The van der Waals surface area contributed by atoms with Crippen LogP contribution >= 0.6 is 15.9 Å². The minimum Gasteiger partial charge on any atom is -0.383 e. The zero-order valence-corrected chi connectivity index (χ0v) is 12.2. The molecule has 1 aromatic rings. The highest BCUT2D eigenvalue weighted by Gasteiger charge is 2.10. The van der Waals surface area contributed by atoms with E-state index >= 15 is 0 Å². The molecule has 1 saturated heterocycles. The summed E-state index contributed by atoms with van der Waals surface area (Å²) in [6, 6.07) is 0. The van der Waals surface area contributed by atoms with Crippen molar-refractivity contribution in [3.8, 4) is 0 Å². The molecule has 0 amide bonds. The molecule has 0 aliphatic carbocycles. The van der Waals surface area contributed by atoms with Crippen molar-refractivity contribution in [2.45, 2.75) is 19.3 Å². The molecule has 1 aromatic heterocycles. The van der Waals surface area contributed by atoms with E-state index in [0.717, 1.165) is 25.2 Å². The summed E-state index contributed by atoms with van der Waals surface area (Å²) in [4.78, 5) is 14.1. The van der Waals surface area contributed by atoms with Crippen LogP contribution in [0.1, 0.15) is 19.3 Å². The van der Waals surface area contributed by atoms with Gasteiger partial charge in [0.2, 0.25) is 0 Å². The Balaban J connectivity index is 1.79. The van der Waals surface area contributed by atoms with Crippen molar-refractivity contribution in [1.29, 1.82) is 0 Å². The Morgan fingerprint density at radius 1 is 1.44 bits per heavy atom. The molecule has 0 bridgehead atoms. The number of nitrogens with zero attached hydrogens (tertiary/aromatic N) is 3. The van der Waals surface area contributed by atoms with Crippen LogP contribution in [-0.2, 0) is 7.05 Å². The molecule has 6 heteroatoms. The maximum atomic E-state index is 11.6. The van der Waals surface area contributed by atoms with E-state index in [1.165, 1.54) is 30.6 Å². The molecule has 1 aliphatic heterocycles. The molecule has 0 atom stereocenters. The van der Waals surface area contributed by atoms with Crippen molar-refractivity contribution in [3.63, 3.8) is 0 Å². The lowest BCUT2D eigenvalue weighted by molar-refractivity contribution is 0.337. The van der Waals surface area contributed by atoms with Gasteiger partial charge in [0.1, 0.15) is 4.47 Å². The Kier molecular flexibility index (Phi) is 4.77. The minimum absolute atomic E-state index is 0.112. The summed E-state index contributed by atoms with van der Waals surface area (Å²) in [6.07, 6.45) is 5.43. The van der Waals surface area contributed by atoms with Gasteiger partial charge in [-0.1, -0.05) is 0 Å². The normalized spacial score (nSPS) is 16.1. The van der Waals surface area contributed by atoms with E-state index in [1.807, 2.05) is 0 Å². The minimum atomic E-state index is -0.112. The molecular weight excluding hydrogens is 296 g/mol. The van der Waals surface area contributed by atoms with Gasteiger partial charge in [-0.25, -0.2) is 4.68 Å². The van der Waals surface area contributed by atoms with Crippen molar-refractivity contribution in [2.75, 3.05) is 31.5 Å². The number of hydrogen-bond donors (Lipinski definition) is 1. The van der Waals surface area contributed by atoms with Gasteiger partial charge in [-0.05, 0) is 54.8 Å². The lowest BCUT2D eigenvalue weighted by atomic mass is 10.3. The molecule has 2 rings (SSSR count). The summed E-state index contributed by atoms with van der Waals surface area (Å²) in [5.41, 5.74) is 0.666. The lowest BCUT2D eigenvalue weighted by Crippen LogP contribution is -2.24. The first-order valence-corrected chi connectivity index (χ1v) is 7.16. The molecule has 0 saturated carbocycles. The number of halogens is 1. The Labute approximate surface area is 115 Å². The average Bonchev–Trinajstić information content (AvgIpc) is 2.87. The van der Waals surface area contributed by atoms with E-state index in [4.69, 9.17) is 0 Å². The standard InChI is InChI=1S/C12H19BrN4O/c1-16-12(18)11(13)10(9-15-16)14-5-4-8-17-6-2-3-7-17/h9,14H,2-8H2,1H3. The fourth-order valence-corrected chi connectivity index (χ4v) is 2.67. The van der Waals surface area contributed by atoms with Gasteiger partial charge in [-0.15, -0.1) is 0 Å². The third-order valence-corrected chi connectivity index (χ3v) is 4.01. The fourth-order valence-electron chi connectivity index (χ4n) is 2.17. The van der Waals surface area contributed by atoms with Crippen molar-refractivity contribution in [3.05, 3.63) is 21.0 Å². The van der Waals surface area contributed by atoms with E-state index < -0.39 is 0 Å². The summed E-state index contributed by atoms with van der Waals surface area (Å²) < 4.78 is 1.88. The SMILES string of the molecule is Cn1ncc(NCCCN2CCCC2)c(Br)c1=O. The van der Waals surface area contributed by atoms with Crippen LogP contribution in [0.5, 0.6) is 0 Å². The van der Waals surface area contributed by atoms with Gasteiger partial charge >= 0.3 is 0 Å². The van der Waals surface area contributed by atoms with Crippen LogP contribution in [0, 0.1) is 0 Å². The van der Waals surface area contributed by atoms with E-state index in [2.05, 4.69) is 31.2 Å². The Morgan fingerprint density at radius 2 is 2.17 bits per heavy atom. The van der Waals surface area contributed by atoms with Gasteiger partial charge < -0.3 is 10.2 Å². The molecule has 2 heterocycles. The van der Waals surface area contributed by atoms with E-state index in [1.54, 1.807) is 13.2 Å². The zero-order valence-electron chi connectivity index (χ0n) is 10.7. The fraction of sp³-hybridized carbons (Fsp3) is 0.667. The maximum Gasteiger partial charge on any atom is 0.282 e. The predicted octanol–water partition coefficient (Wildman–Crippen LogP) is 1.44. The first-order valence-electron chi connectivity index (χ1n) is 6.36. The number of hydrogen-bond acceptors (Lipinski definition) is 4. The molecule has 0 radical (unpaired) electrons. The first kappa shape index (κ1) is 13.5. The van der Waals surface area contributed by atoms with Crippen LogP contribution < -0.4 is 10.9 Å². The molecule has 18 heavy (non-hydrogen) atoms. The average molecular weight is 315 g/mol. The second kappa shape index (κ2) is 6.33. The number of anilines is 1. The summed E-state index contributed by atoms with van der Waals surface area (Å²) in [6.45, 7) is 4.46. The van der Waals surface area contributed by atoms with Crippen molar-refractivity contribution >= 4 is 21.6 Å². The number of rotatable bonds is 5. The Bertz CT molecular complexity index is 454. The van der Waals surface area contributed by atoms with Gasteiger partial charge in [-0.3, -0.25) is 4.79 Å². The summed E-state index contributed by atoms with van der Waals surface area (Å²) in [5.74, 6) is 0. The Morgan fingerprint density at radius 3 is 2.89 bits per heavy atom. The first-order chi connectivity index (χ1) is 8.68. The van der Waals surface area contributed by atoms with Crippen LogP contribution in [-0.4, -0.2) is 40.9 Å². The maximum absolute atomic E-state index is 11.6. The van der Waals surface area contributed by atoms with Crippen LogP contribution in [0.4, 0.5) is 5.69 Å². The van der Waals surface area contributed by atoms with E-state index in [9.17, 15) is 4.79 Å². The van der Waals surface area contributed by atoms with Crippen molar-refractivity contribution in [1.82, 2.24) is 14.7 Å². The van der Waals surface area contributed by atoms with E-state index in [-0.39, 0.29) is 5.56 Å². The van der Waals surface area contributed by atoms with Crippen molar-refractivity contribution in [2.24, 2.45) is 7.05 Å². The van der Waals surface area contributed by atoms with Gasteiger partial charge in [0.15, 0.2) is 0 Å². The second-order valence-corrected chi connectivity index (χ2v) is 5.42. The molecule has 0 aromatic carbocycles. The monoisotopic (exact) mass is 314 g/mol. The molecule has 0 unspecified atom stereocenters. The highest BCUT2D eigenvalue weighted by atomic mass is 79.9. The predicted molar refractivity (Wildman–Crippen MR) is 76.0 cm³/mol. The lowest BCUT2D eigenvalue weighted by Gasteiger charge is -2.15.